The van der Waals surface area contributed by atoms with Gasteiger partial charge in [-0.15, -0.1) is 24.0 Å². The van der Waals surface area contributed by atoms with E-state index in [1.54, 1.807) is 11.3 Å². The van der Waals surface area contributed by atoms with E-state index in [-0.39, 0.29) is 24.0 Å². The number of benzene rings is 1. The number of hydrogen-bond acceptors (Lipinski definition) is 3. The molecule has 3 rings (SSSR count). The number of hydrogen-bond donors (Lipinski definition) is 1. The maximum Gasteiger partial charge on any atom is 0.193 e. The van der Waals surface area contributed by atoms with Gasteiger partial charge in [-0.05, 0) is 40.9 Å². The summed E-state index contributed by atoms with van der Waals surface area (Å²) < 4.78 is 6.06. The molecule has 1 aliphatic heterocycles. The minimum Gasteiger partial charge on any atom is -0.490 e. The van der Waals surface area contributed by atoms with E-state index in [1.807, 2.05) is 37.4 Å². The lowest BCUT2D eigenvalue weighted by Crippen LogP contribution is -2.47. The van der Waals surface area contributed by atoms with E-state index >= 15 is 0 Å². The Bertz CT molecular complexity index is 625. The molecule has 6 heteroatoms. The summed E-state index contributed by atoms with van der Waals surface area (Å²) in [6, 6.07) is 12.3. The minimum atomic E-state index is 0. The molecule has 1 fully saturated rings. The zero-order valence-electron chi connectivity index (χ0n) is 14.6. The third kappa shape index (κ3) is 6.18. The maximum atomic E-state index is 6.06. The highest BCUT2D eigenvalue weighted by molar-refractivity contribution is 14.0. The Balaban J connectivity index is 0.00000225. The van der Waals surface area contributed by atoms with Crippen molar-refractivity contribution < 1.29 is 4.74 Å². The van der Waals surface area contributed by atoms with E-state index < -0.39 is 0 Å². The SMILES string of the molecule is CN=C(NCCc1ccsc1)N1CCC(Oc2ccccc2)CC1.I. The van der Waals surface area contributed by atoms with E-state index in [0.29, 0.717) is 6.10 Å². The second-order valence-electron chi connectivity index (χ2n) is 5.97. The second kappa shape index (κ2) is 10.7. The van der Waals surface area contributed by atoms with Crippen molar-refractivity contribution in [1.29, 1.82) is 0 Å². The third-order valence-corrected chi connectivity index (χ3v) is 5.01. The molecule has 1 aromatic carbocycles. The Hall–Kier alpha value is -1.28. The normalized spacial score (nSPS) is 15.6. The number of nitrogens with zero attached hydrogens (tertiary/aromatic N) is 2. The number of para-hydroxylation sites is 1. The highest BCUT2D eigenvalue weighted by atomic mass is 127. The lowest BCUT2D eigenvalue weighted by atomic mass is 10.1. The Morgan fingerprint density at radius 2 is 2.00 bits per heavy atom. The Labute approximate surface area is 171 Å². The van der Waals surface area contributed by atoms with Crippen molar-refractivity contribution in [3.63, 3.8) is 0 Å². The first-order chi connectivity index (χ1) is 11.8. The number of ether oxygens (including phenoxy) is 1. The fourth-order valence-electron chi connectivity index (χ4n) is 2.96. The van der Waals surface area contributed by atoms with Gasteiger partial charge in [0.25, 0.3) is 0 Å². The lowest BCUT2D eigenvalue weighted by Gasteiger charge is -2.34. The first kappa shape index (κ1) is 20.0. The van der Waals surface area contributed by atoms with Crippen molar-refractivity contribution in [3.05, 3.63) is 52.7 Å². The molecule has 0 amide bonds. The summed E-state index contributed by atoms with van der Waals surface area (Å²) in [5, 5.41) is 7.81. The van der Waals surface area contributed by atoms with Crippen LogP contribution in [0.25, 0.3) is 0 Å². The van der Waals surface area contributed by atoms with Gasteiger partial charge in [0.05, 0.1) is 0 Å². The van der Waals surface area contributed by atoms with Crippen molar-refractivity contribution in [2.45, 2.75) is 25.4 Å². The molecule has 0 saturated carbocycles. The van der Waals surface area contributed by atoms with Crippen molar-refractivity contribution in [2.24, 2.45) is 4.99 Å². The van der Waals surface area contributed by atoms with Crippen LogP contribution in [-0.4, -0.2) is 43.6 Å². The number of aliphatic imine (C=N–C) groups is 1. The van der Waals surface area contributed by atoms with Crippen LogP contribution >= 0.6 is 35.3 Å². The number of nitrogens with one attached hydrogen (secondary N) is 1. The standard InChI is InChI=1S/C19H25N3OS.HI/c1-20-19(21-11-7-16-10-14-24-15-16)22-12-8-18(9-13-22)23-17-5-3-2-4-6-17;/h2-6,10,14-15,18H,7-9,11-13H2,1H3,(H,20,21);1H. The molecule has 0 radical (unpaired) electrons. The summed E-state index contributed by atoms with van der Waals surface area (Å²) in [6.45, 7) is 2.88. The van der Waals surface area contributed by atoms with Crippen LogP contribution in [-0.2, 0) is 6.42 Å². The van der Waals surface area contributed by atoms with Gasteiger partial charge in [0.2, 0.25) is 0 Å². The fraction of sp³-hybridized carbons (Fsp3) is 0.421. The van der Waals surface area contributed by atoms with Crippen molar-refractivity contribution in [1.82, 2.24) is 10.2 Å². The maximum absolute atomic E-state index is 6.06. The molecule has 25 heavy (non-hydrogen) atoms. The molecule has 2 aromatic rings. The quantitative estimate of drug-likeness (QED) is 0.407. The monoisotopic (exact) mass is 471 g/mol. The summed E-state index contributed by atoms with van der Waals surface area (Å²) in [4.78, 5) is 6.76. The number of halogens is 1. The second-order valence-corrected chi connectivity index (χ2v) is 6.75. The van der Waals surface area contributed by atoms with Crippen LogP contribution in [0.4, 0.5) is 0 Å². The zero-order valence-corrected chi connectivity index (χ0v) is 17.7. The summed E-state index contributed by atoms with van der Waals surface area (Å²) in [6.07, 6.45) is 3.39. The molecule has 1 saturated heterocycles. The molecule has 2 heterocycles. The number of likely N-dealkylation sites (tertiary alicyclic amines) is 1. The van der Waals surface area contributed by atoms with Crippen LogP contribution in [0.2, 0.25) is 0 Å². The zero-order chi connectivity index (χ0) is 16.6. The van der Waals surface area contributed by atoms with Crippen molar-refractivity contribution in [3.8, 4) is 5.75 Å². The van der Waals surface area contributed by atoms with E-state index in [2.05, 4.69) is 32.0 Å². The van der Waals surface area contributed by atoms with Gasteiger partial charge in [0.1, 0.15) is 11.9 Å². The van der Waals surface area contributed by atoms with Crippen LogP contribution in [0.5, 0.6) is 5.75 Å². The average molecular weight is 471 g/mol. The summed E-state index contributed by atoms with van der Waals surface area (Å²) in [7, 11) is 1.86. The number of guanidine groups is 1. The van der Waals surface area contributed by atoms with Gasteiger partial charge >= 0.3 is 0 Å². The lowest BCUT2D eigenvalue weighted by molar-refractivity contribution is 0.129. The van der Waals surface area contributed by atoms with E-state index in [9.17, 15) is 0 Å². The first-order valence-electron chi connectivity index (χ1n) is 8.53. The highest BCUT2D eigenvalue weighted by Crippen LogP contribution is 2.18. The van der Waals surface area contributed by atoms with Crippen LogP contribution in [0.3, 0.4) is 0 Å². The van der Waals surface area contributed by atoms with Crippen LogP contribution in [0.15, 0.2) is 52.2 Å². The predicted molar refractivity (Wildman–Crippen MR) is 116 cm³/mol. The molecule has 0 aliphatic carbocycles. The number of thiophene rings is 1. The largest absolute Gasteiger partial charge is 0.490 e. The van der Waals surface area contributed by atoms with Gasteiger partial charge in [-0.2, -0.15) is 11.3 Å². The van der Waals surface area contributed by atoms with Crippen LogP contribution in [0, 0.1) is 0 Å². The highest BCUT2D eigenvalue weighted by Gasteiger charge is 2.22. The van der Waals surface area contributed by atoms with E-state index in [1.165, 1.54) is 5.56 Å². The Morgan fingerprint density at radius 3 is 2.64 bits per heavy atom. The van der Waals surface area contributed by atoms with Gasteiger partial charge in [-0.25, -0.2) is 0 Å². The van der Waals surface area contributed by atoms with E-state index in [0.717, 1.165) is 50.6 Å². The summed E-state index contributed by atoms with van der Waals surface area (Å²) in [5.41, 5.74) is 1.39. The average Bonchev–Trinajstić information content (AvgIpc) is 3.14. The van der Waals surface area contributed by atoms with Gasteiger partial charge < -0.3 is 15.0 Å². The summed E-state index contributed by atoms with van der Waals surface area (Å²) >= 11 is 1.75. The molecule has 136 valence electrons. The van der Waals surface area contributed by atoms with Gasteiger partial charge in [0, 0.05) is 39.5 Å². The molecule has 0 spiro atoms. The molecule has 1 N–H and O–H groups in total. The summed E-state index contributed by atoms with van der Waals surface area (Å²) in [5.74, 6) is 1.97. The van der Waals surface area contributed by atoms with Gasteiger partial charge in [-0.1, -0.05) is 18.2 Å². The van der Waals surface area contributed by atoms with Crippen LogP contribution in [0.1, 0.15) is 18.4 Å². The van der Waals surface area contributed by atoms with Crippen molar-refractivity contribution >= 4 is 41.3 Å². The third-order valence-electron chi connectivity index (χ3n) is 4.28. The van der Waals surface area contributed by atoms with E-state index in [4.69, 9.17) is 4.74 Å². The van der Waals surface area contributed by atoms with Gasteiger partial charge in [0.15, 0.2) is 5.96 Å². The molecule has 4 nitrogen and oxygen atoms in total. The Morgan fingerprint density at radius 1 is 1.24 bits per heavy atom. The molecule has 0 unspecified atom stereocenters. The molecular weight excluding hydrogens is 445 g/mol. The topological polar surface area (TPSA) is 36.9 Å². The first-order valence-corrected chi connectivity index (χ1v) is 9.48. The van der Waals surface area contributed by atoms with Crippen LogP contribution < -0.4 is 10.1 Å². The predicted octanol–water partition coefficient (Wildman–Crippen LogP) is 4.03. The molecule has 0 bridgehead atoms. The minimum absolute atomic E-state index is 0. The molecular formula is C19H26IN3OS. The smallest absolute Gasteiger partial charge is 0.193 e. The van der Waals surface area contributed by atoms with Gasteiger partial charge in [-0.3, -0.25) is 4.99 Å². The molecule has 0 atom stereocenters. The van der Waals surface area contributed by atoms with Crippen molar-refractivity contribution in [2.75, 3.05) is 26.7 Å². The number of piperidine rings is 1. The molecule has 1 aromatic heterocycles. The fourth-order valence-corrected chi connectivity index (χ4v) is 3.67. The Kier molecular flexibility index (Phi) is 8.54. The molecule has 1 aliphatic rings. The number of rotatable bonds is 5.